The monoisotopic (exact) mass is 466 g/mol. The van der Waals surface area contributed by atoms with Crippen molar-refractivity contribution < 1.29 is 9.53 Å². The number of benzene rings is 1. The highest BCUT2D eigenvalue weighted by Crippen LogP contribution is 2.32. The number of thiophene rings is 1. The van der Waals surface area contributed by atoms with E-state index in [9.17, 15) is 4.79 Å². The van der Waals surface area contributed by atoms with Crippen LogP contribution in [-0.4, -0.2) is 12.4 Å². The summed E-state index contributed by atoms with van der Waals surface area (Å²) in [6.07, 6.45) is 0. The molecule has 100 valence electrons. The van der Waals surface area contributed by atoms with Crippen LogP contribution in [0.25, 0.3) is 0 Å². The molecule has 19 heavy (non-hydrogen) atoms. The van der Waals surface area contributed by atoms with Crippen LogP contribution in [0.15, 0.2) is 42.4 Å². The summed E-state index contributed by atoms with van der Waals surface area (Å²) in [5.41, 5.74) is 1.69. The van der Waals surface area contributed by atoms with Gasteiger partial charge in [-0.25, -0.2) is 0 Å². The zero-order valence-corrected chi connectivity index (χ0v) is 15.2. The molecule has 0 saturated heterocycles. The molecular formula is C13H9Br3O2S. The fraction of sp³-hybridized carbons (Fsp3) is 0.154. The normalized spacial score (nSPS) is 10.7. The molecule has 1 aromatic heterocycles. The van der Waals surface area contributed by atoms with E-state index in [0.29, 0.717) is 12.2 Å². The van der Waals surface area contributed by atoms with Crippen LogP contribution in [0.1, 0.15) is 15.9 Å². The highest BCUT2D eigenvalue weighted by molar-refractivity contribution is 9.12. The molecule has 0 N–H and O–H groups in total. The van der Waals surface area contributed by atoms with Crippen molar-refractivity contribution in [1.82, 2.24) is 0 Å². The SMILES string of the molecule is O=C(COCc1cccc(Br)c1)c1cc(Br)sc1Br. The quantitative estimate of drug-likeness (QED) is 0.546. The van der Waals surface area contributed by atoms with Gasteiger partial charge in [-0.2, -0.15) is 0 Å². The summed E-state index contributed by atoms with van der Waals surface area (Å²) in [5, 5.41) is 0. The fourth-order valence-electron chi connectivity index (χ4n) is 1.50. The highest BCUT2D eigenvalue weighted by atomic mass is 79.9. The summed E-state index contributed by atoms with van der Waals surface area (Å²) < 4.78 is 8.21. The molecular weight excluding hydrogens is 460 g/mol. The molecule has 0 spiro atoms. The average Bonchev–Trinajstić information content (AvgIpc) is 2.68. The maximum atomic E-state index is 12.0. The molecule has 2 aromatic rings. The van der Waals surface area contributed by atoms with Crippen molar-refractivity contribution >= 4 is 64.9 Å². The van der Waals surface area contributed by atoms with Gasteiger partial charge in [0.25, 0.3) is 0 Å². The summed E-state index contributed by atoms with van der Waals surface area (Å²) in [5.74, 6) is -0.0242. The Bertz CT molecular complexity index is 595. The molecule has 6 heteroatoms. The van der Waals surface area contributed by atoms with Crippen molar-refractivity contribution in [3.8, 4) is 0 Å². The number of rotatable bonds is 5. The van der Waals surface area contributed by atoms with E-state index in [0.717, 1.165) is 17.6 Å². The Labute approximate surface area is 140 Å². The molecule has 0 atom stereocenters. The minimum absolute atomic E-state index is 0.0242. The number of ether oxygens (including phenoxy) is 1. The summed E-state index contributed by atoms with van der Waals surface area (Å²) in [7, 11) is 0. The van der Waals surface area contributed by atoms with E-state index in [2.05, 4.69) is 47.8 Å². The first-order valence-electron chi connectivity index (χ1n) is 5.36. The minimum atomic E-state index is -0.0242. The largest absolute Gasteiger partial charge is 0.369 e. The number of halogens is 3. The standard InChI is InChI=1S/C13H9Br3O2S/c14-9-3-1-2-8(4-9)6-18-7-11(17)10-5-12(15)19-13(10)16/h1-5H,6-7H2. The predicted molar refractivity (Wildman–Crippen MR) is 87.8 cm³/mol. The van der Waals surface area contributed by atoms with Crippen molar-refractivity contribution in [2.24, 2.45) is 0 Å². The van der Waals surface area contributed by atoms with Crippen molar-refractivity contribution in [3.63, 3.8) is 0 Å². The zero-order chi connectivity index (χ0) is 13.8. The molecule has 1 aromatic carbocycles. The lowest BCUT2D eigenvalue weighted by Crippen LogP contribution is -2.08. The lowest BCUT2D eigenvalue weighted by Gasteiger charge is -2.04. The van der Waals surface area contributed by atoms with Crippen molar-refractivity contribution in [2.75, 3.05) is 6.61 Å². The molecule has 0 radical (unpaired) electrons. The van der Waals surface area contributed by atoms with Gasteiger partial charge in [0.05, 0.1) is 14.2 Å². The first kappa shape index (κ1) is 15.4. The van der Waals surface area contributed by atoms with E-state index in [1.165, 1.54) is 11.3 Å². The topological polar surface area (TPSA) is 26.3 Å². The van der Waals surface area contributed by atoms with Crippen molar-refractivity contribution in [1.29, 1.82) is 0 Å². The zero-order valence-electron chi connectivity index (χ0n) is 9.66. The van der Waals surface area contributed by atoms with Gasteiger partial charge in [0.2, 0.25) is 0 Å². The van der Waals surface area contributed by atoms with Gasteiger partial charge in [-0.1, -0.05) is 28.1 Å². The first-order valence-corrected chi connectivity index (χ1v) is 8.56. The third-order valence-electron chi connectivity index (χ3n) is 2.35. The van der Waals surface area contributed by atoms with E-state index in [1.807, 2.05) is 24.3 Å². The van der Waals surface area contributed by atoms with Gasteiger partial charge in [-0.15, -0.1) is 11.3 Å². The van der Waals surface area contributed by atoms with Crippen molar-refractivity contribution in [2.45, 2.75) is 6.61 Å². The van der Waals surface area contributed by atoms with Crippen LogP contribution >= 0.6 is 59.1 Å². The van der Waals surface area contributed by atoms with E-state index >= 15 is 0 Å². The summed E-state index contributed by atoms with van der Waals surface area (Å²) in [4.78, 5) is 12.0. The molecule has 0 fully saturated rings. The molecule has 0 aliphatic rings. The molecule has 2 rings (SSSR count). The summed E-state index contributed by atoms with van der Waals surface area (Å²) >= 11 is 11.6. The molecule has 0 unspecified atom stereocenters. The van der Waals surface area contributed by atoms with Crippen molar-refractivity contribution in [3.05, 3.63) is 53.5 Å². The number of hydrogen-bond acceptors (Lipinski definition) is 3. The van der Waals surface area contributed by atoms with Gasteiger partial charge in [-0.05, 0) is 55.6 Å². The summed E-state index contributed by atoms with van der Waals surface area (Å²) in [6, 6.07) is 9.64. The molecule has 0 saturated carbocycles. The van der Waals surface area contributed by atoms with E-state index in [-0.39, 0.29) is 12.4 Å². The second kappa shape index (κ2) is 7.13. The van der Waals surface area contributed by atoms with Gasteiger partial charge in [0.15, 0.2) is 5.78 Å². The first-order chi connectivity index (χ1) is 9.06. The Balaban J connectivity index is 1.89. The van der Waals surface area contributed by atoms with Crippen LogP contribution in [-0.2, 0) is 11.3 Å². The predicted octanol–water partition coefficient (Wildman–Crippen LogP) is 5.44. The lowest BCUT2D eigenvalue weighted by atomic mass is 10.2. The van der Waals surface area contributed by atoms with Crippen LogP contribution in [0.5, 0.6) is 0 Å². The Morgan fingerprint density at radius 2 is 2.00 bits per heavy atom. The molecule has 1 heterocycles. The van der Waals surface area contributed by atoms with Gasteiger partial charge in [0.1, 0.15) is 6.61 Å². The maximum absolute atomic E-state index is 12.0. The van der Waals surface area contributed by atoms with E-state index in [4.69, 9.17) is 4.74 Å². The number of carbonyl (C=O) groups is 1. The van der Waals surface area contributed by atoms with Crippen LogP contribution in [0.3, 0.4) is 0 Å². The maximum Gasteiger partial charge on any atom is 0.190 e. The molecule has 0 aliphatic carbocycles. The number of ketones is 1. The van der Waals surface area contributed by atoms with Gasteiger partial charge >= 0.3 is 0 Å². The lowest BCUT2D eigenvalue weighted by molar-refractivity contribution is 0.0726. The molecule has 2 nitrogen and oxygen atoms in total. The number of hydrogen-bond donors (Lipinski definition) is 0. The van der Waals surface area contributed by atoms with Gasteiger partial charge in [-0.3, -0.25) is 4.79 Å². The smallest absolute Gasteiger partial charge is 0.190 e. The van der Waals surface area contributed by atoms with Gasteiger partial charge < -0.3 is 4.74 Å². The van der Waals surface area contributed by atoms with Crippen LogP contribution in [0, 0.1) is 0 Å². The van der Waals surface area contributed by atoms with Gasteiger partial charge in [0, 0.05) is 10.0 Å². The second-order valence-corrected chi connectivity index (χ2v) is 8.45. The Morgan fingerprint density at radius 1 is 1.21 bits per heavy atom. The molecule has 0 amide bonds. The fourth-order valence-corrected chi connectivity index (χ4v) is 4.80. The third-order valence-corrected chi connectivity index (χ3v) is 5.18. The van der Waals surface area contributed by atoms with Crippen LogP contribution in [0.2, 0.25) is 0 Å². The van der Waals surface area contributed by atoms with E-state index < -0.39 is 0 Å². The number of Topliss-reactive ketones (excluding diaryl/α,β-unsaturated/α-hetero) is 1. The van der Waals surface area contributed by atoms with E-state index in [1.54, 1.807) is 6.07 Å². The highest BCUT2D eigenvalue weighted by Gasteiger charge is 2.13. The Kier molecular flexibility index (Phi) is 5.77. The van der Waals surface area contributed by atoms with Crippen LogP contribution in [0.4, 0.5) is 0 Å². The Morgan fingerprint density at radius 3 is 2.63 bits per heavy atom. The number of carbonyl (C=O) groups excluding carboxylic acids is 1. The Hall–Kier alpha value is -0.0100. The molecule has 0 aliphatic heterocycles. The second-order valence-electron chi connectivity index (χ2n) is 3.78. The average molecular weight is 469 g/mol. The van der Waals surface area contributed by atoms with Crippen LogP contribution < -0.4 is 0 Å². The molecule has 0 bridgehead atoms. The third kappa shape index (κ3) is 4.49. The minimum Gasteiger partial charge on any atom is -0.369 e. The summed E-state index contributed by atoms with van der Waals surface area (Å²) in [6.45, 7) is 0.502.